The third-order valence-corrected chi connectivity index (χ3v) is 2.83. The maximum Gasteiger partial charge on any atom is 0.224 e. The Morgan fingerprint density at radius 1 is 1.35 bits per heavy atom. The highest BCUT2D eigenvalue weighted by molar-refractivity contribution is 6.33. The van der Waals surface area contributed by atoms with Crippen molar-refractivity contribution in [3.63, 3.8) is 0 Å². The molecule has 3 nitrogen and oxygen atoms in total. The van der Waals surface area contributed by atoms with Crippen LogP contribution in [0.2, 0.25) is 5.02 Å². The molecule has 0 aliphatic rings. The van der Waals surface area contributed by atoms with E-state index in [0.717, 1.165) is 24.8 Å². The van der Waals surface area contributed by atoms with Gasteiger partial charge in [-0.2, -0.15) is 0 Å². The first kappa shape index (κ1) is 14.0. The highest BCUT2D eigenvalue weighted by Crippen LogP contribution is 2.22. The number of carbonyl (C=O) groups excluding carboxylic acids is 1. The molecule has 0 aliphatic heterocycles. The maximum atomic E-state index is 11.6. The molecule has 0 radical (unpaired) electrons. The molecule has 0 saturated heterocycles. The minimum atomic E-state index is 0.00882. The SMILES string of the molecule is Cc1ccc(Cl)c(NC(=O)CCCCCN)c1. The first-order valence-electron chi connectivity index (χ1n) is 5.89. The summed E-state index contributed by atoms with van der Waals surface area (Å²) in [7, 11) is 0. The van der Waals surface area contributed by atoms with Crippen LogP contribution < -0.4 is 11.1 Å². The number of carbonyl (C=O) groups is 1. The van der Waals surface area contributed by atoms with Crippen molar-refractivity contribution in [1.29, 1.82) is 0 Å². The largest absolute Gasteiger partial charge is 0.330 e. The number of hydrogen-bond donors (Lipinski definition) is 2. The summed E-state index contributed by atoms with van der Waals surface area (Å²) < 4.78 is 0. The number of unbranched alkanes of at least 4 members (excludes halogenated alkanes) is 2. The summed E-state index contributed by atoms with van der Waals surface area (Å²) in [5.74, 6) is 0.00882. The number of aryl methyl sites for hydroxylation is 1. The van der Waals surface area contributed by atoms with Gasteiger partial charge in [0.1, 0.15) is 0 Å². The van der Waals surface area contributed by atoms with Crippen LogP contribution in [0.15, 0.2) is 18.2 Å². The Bertz CT molecular complexity index is 380. The number of hydrogen-bond acceptors (Lipinski definition) is 2. The lowest BCUT2D eigenvalue weighted by atomic mass is 10.1. The average Bonchev–Trinajstić information content (AvgIpc) is 2.29. The fourth-order valence-electron chi connectivity index (χ4n) is 1.55. The normalized spacial score (nSPS) is 10.3. The molecule has 0 aromatic heterocycles. The van der Waals surface area contributed by atoms with Crippen molar-refractivity contribution in [2.45, 2.75) is 32.6 Å². The zero-order chi connectivity index (χ0) is 12.7. The van der Waals surface area contributed by atoms with Gasteiger partial charge in [-0.05, 0) is 44.0 Å². The summed E-state index contributed by atoms with van der Waals surface area (Å²) in [4.78, 5) is 11.6. The molecule has 0 fully saturated rings. The van der Waals surface area contributed by atoms with Gasteiger partial charge in [0.15, 0.2) is 0 Å². The monoisotopic (exact) mass is 254 g/mol. The van der Waals surface area contributed by atoms with E-state index in [0.29, 0.717) is 23.7 Å². The fraction of sp³-hybridized carbons (Fsp3) is 0.462. The summed E-state index contributed by atoms with van der Waals surface area (Å²) in [5, 5.41) is 3.40. The zero-order valence-electron chi connectivity index (χ0n) is 10.1. The molecule has 0 aliphatic carbocycles. The molecule has 4 heteroatoms. The van der Waals surface area contributed by atoms with Crippen LogP contribution >= 0.6 is 11.6 Å². The van der Waals surface area contributed by atoms with E-state index >= 15 is 0 Å². The quantitative estimate of drug-likeness (QED) is 0.767. The van der Waals surface area contributed by atoms with Crippen LogP contribution in [0, 0.1) is 6.92 Å². The van der Waals surface area contributed by atoms with Gasteiger partial charge in [0.25, 0.3) is 0 Å². The molecule has 0 unspecified atom stereocenters. The van der Waals surface area contributed by atoms with Gasteiger partial charge in [-0.3, -0.25) is 4.79 Å². The summed E-state index contributed by atoms with van der Waals surface area (Å²) in [6, 6.07) is 5.58. The van der Waals surface area contributed by atoms with Crippen LogP contribution in [0.3, 0.4) is 0 Å². The molecular formula is C13H19ClN2O. The van der Waals surface area contributed by atoms with Crippen molar-refractivity contribution in [2.24, 2.45) is 5.73 Å². The Morgan fingerprint density at radius 3 is 2.82 bits per heavy atom. The fourth-order valence-corrected chi connectivity index (χ4v) is 1.72. The predicted octanol–water partition coefficient (Wildman–Crippen LogP) is 3.11. The molecule has 1 aromatic rings. The average molecular weight is 255 g/mol. The van der Waals surface area contributed by atoms with E-state index in [9.17, 15) is 4.79 Å². The smallest absolute Gasteiger partial charge is 0.224 e. The Balaban J connectivity index is 2.42. The Morgan fingerprint density at radius 2 is 2.12 bits per heavy atom. The molecule has 0 bridgehead atoms. The second kappa shape index (κ2) is 7.30. The second-order valence-electron chi connectivity index (χ2n) is 4.13. The van der Waals surface area contributed by atoms with E-state index < -0.39 is 0 Å². The molecule has 1 aromatic carbocycles. The first-order chi connectivity index (χ1) is 8.13. The lowest BCUT2D eigenvalue weighted by Crippen LogP contribution is -2.11. The van der Waals surface area contributed by atoms with Crippen LogP contribution in [0.25, 0.3) is 0 Å². The van der Waals surface area contributed by atoms with Gasteiger partial charge in [0.05, 0.1) is 10.7 Å². The third kappa shape index (κ3) is 5.20. The lowest BCUT2D eigenvalue weighted by Gasteiger charge is -2.08. The molecule has 1 rings (SSSR count). The first-order valence-corrected chi connectivity index (χ1v) is 6.27. The van der Waals surface area contributed by atoms with Crippen LogP contribution in [-0.4, -0.2) is 12.5 Å². The third-order valence-electron chi connectivity index (χ3n) is 2.50. The van der Waals surface area contributed by atoms with E-state index in [2.05, 4.69) is 5.32 Å². The van der Waals surface area contributed by atoms with Gasteiger partial charge in [-0.1, -0.05) is 24.1 Å². The molecule has 0 saturated carbocycles. The van der Waals surface area contributed by atoms with Gasteiger partial charge in [-0.25, -0.2) is 0 Å². The Kier molecular flexibility index (Phi) is 6.01. The van der Waals surface area contributed by atoms with Crippen LogP contribution in [-0.2, 0) is 4.79 Å². The van der Waals surface area contributed by atoms with E-state index in [1.54, 1.807) is 6.07 Å². The van der Waals surface area contributed by atoms with Crippen LogP contribution in [0.1, 0.15) is 31.2 Å². The predicted molar refractivity (Wildman–Crippen MR) is 72.3 cm³/mol. The van der Waals surface area contributed by atoms with Crippen molar-refractivity contribution in [3.8, 4) is 0 Å². The van der Waals surface area contributed by atoms with Crippen molar-refractivity contribution in [2.75, 3.05) is 11.9 Å². The van der Waals surface area contributed by atoms with Gasteiger partial charge >= 0.3 is 0 Å². The summed E-state index contributed by atoms with van der Waals surface area (Å²) >= 11 is 5.99. The van der Waals surface area contributed by atoms with Crippen LogP contribution in [0.5, 0.6) is 0 Å². The molecule has 94 valence electrons. The lowest BCUT2D eigenvalue weighted by molar-refractivity contribution is -0.116. The van der Waals surface area contributed by atoms with Gasteiger partial charge in [0, 0.05) is 6.42 Å². The number of nitrogens with one attached hydrogen (secondary N) is 1. The Labute approximate surface area is 107 Å². The molecule has 0 atom stereocenters. The number of amides is 1. The van der Waals surface area contributed by atoms with Gasteiger partial charge < -0.3 is 11.1 Å². The number of rotatable bonds is 6. The van der Waals surface area contributed by atoms with E-state index in [1.165, 1.54) is 0 Å². The van der Waals surface area contributed by atoms with E-state index in [4.69, 9.17) is 17.3 Å². The van der Waals surface area contributed by atoms with Crippen molar-refractivity contribution in [3.05, 3.63) is 28.8 Å². The summed E-state index contributed by atoms with van der Waals surface area (Å²) in [5.41, 5.74) is 7.15. The maximum absolute atomic E-state index is 11.6. The highest BCUT2D eigenvalue weighted by Gasteiger charge is 2.05. The summed E-state index contributed by atoms with van der Waals surface area (Å²) in [6.07, 6.45) is 3.35. The minimum absolute atomic E-state index is 0.00882. The van der Waals surface area contributed by atoms with E-state index in [-0.39, 0.29) is 5.91 Å². The Hall–Kier alpha value is -1.06. The van der Waals surface area contributed by atoms with Gasteiger partial charge in [0.2, 0.25) is 5.91 Å². The van der Waals surface area contributed by atoms with Crippen molar-refractivity contribution < 1.29 is 4.79 Å². The molecular weight excluding hydrogens is 236 g/mol. The van der Waals surface area contributed by atoms with Gasteiger partial charge in [-0.15, -0.1) is 0 Å². The van der Waals surface area contributed by atoms with Crippen LogP contribution in [0.4, 0.5) is 5.69 Å². The topological polar surface area (TPSA) is 55.1 Å². The second-order valence-corrected chi connectivity index (χ2v) is 4.54. The molecule has 3 N–H and O–H groups in total. The molecule has 0 spiro atoms. The number of benzene rings is 1. The molecule has 0 heterocycles. The number of halogens is 1. The van der Waals surface area contributed by atoms with E-state index in [1.807, 2.05) is 19.1 Å². The molecule has 1 amide bonds. The summed E-state index contributed by atoms with van der Waals surface area (Å²) in [6.45, 7) is 2.65. The zero-order valence-corrected chi connectivity index (χ0v) is 10.9. The number of nitrogens with two attached hydrogens (primary N) is 1. The van der Waals surface area contributed by atoms with Crippen molar-refractivity contribution in [1.82, 2.24) is 0 Å². The standard InChI is InChI=1S/C13H19ClN2O/c1-10-6-7-11(14)12(9-10)16-13(17)5-3-2-4-8-15/h6-7,9H,2-5,8,15H2,1H3,(H,16,17). The van der Waals surface area contributed by atoms with Crippen molar-refractivity contribution >= 4 is 23.2 Å². The molecule has 17 heavy (non-hydrogen) atoms. The minimum Gasteiger partial charge on any atom is -0.330 e. The number of anilines is 1. The highest BCUT2D eigenvalue weighted by atomic mass is 35.5.